The molecule has 0 fully saturated rings. The minimum absolute atomic E-state index is 0.160. The summed E-state index contributed by atoms with van der Waals surface area (Å²) in [6.45, 7) is 5.18. The van der Waals surface area contributed by atoms with Crippen LogP contribution in [0.2, 0.25) is 0 Å². The van der Waals surface area contributed by atoms with Crippen LogP contribution in [0, 0.1) is 5.92 Å². The van der Waals surface area contributed by atoms with Gasteiger partial charge in [-0.1, -0.05) is 86.6 Å². The van der Waals surface area contributed by atoms with E-state index in [1.807, 2.05) is 62.4 Å². The van der Waals surface area contributed by atoms with Crippen LogP contribution >= 0.6 is 11.3 Å². The number of hydrogen-bond acceptors (Lipinski definition) is 5. The lowest BCUT2D eigenvalue weighted by Crippen LogP contribution is -2.41. The van der Waals surface area contributed by atoms with Crippen molar-refractivity contribution in [2.75, 3.05) is 4.90 Å². The predicted molar refractivity (Wildman–Crippen MR) is 149 cm³/mol. The Kier molecular flexibility index (Phi) is 8.69. The minimum atomic E-state index is -1.02. The van der Waals surface area contributed by atoms with Gasteiger partial charge in [-0.3, -0.25) is 4.79 Å². The number of nitrogens with one attached hydrogen (secondary N) is 1. The highest BCUT2D eigenvalue weighted by atomic mass is 32.1. The molecule has 3 aromatic carbocycles. The van der Waals surface area contributed by atoms with E-state index >= 15 is 0 Å². The van der Waals surface area contributed by atoms with Crippen molar-refractivity contribution in [3.63, 3.8) is 0 Å². The lowest BCUT2D eigenvalue weighted by molar-refractivity contribution is -0.139. The first-order valence-corrected chi connectivity index (χ1v) is 13.2. The monoisotopic (exact) mass is 513 g/mol. The van der Waals surface area contributed by atoms with Crippen LogP contribution in [0.15, 0.2) is 90.3 Å². The fraction of sp³-hybridized carbons (Fsp3) is 0.233. The average Bonchev–Trinajstić information content (AvgIpc) is 3.39. The number of aliphatic carboxylic acids is 1. The molecule has 6 nitrogen and oxygen atoms in total. The van der Waals surface area contributed by atoms with Gasteiger partial charge in [-0.15, -0.1) is 11.3 Å². The first-order chi connectivity index (χ1) is 17.9. The van der Waals surface area contributed by atoms with Crippen LogP contribution in [0.25, 0.3) is 11.3 Å². The molecular weight excluding hydrogens is 482 g/mol. The number of carbonyl (C=O) groups excluding carboxylic acids is 1. The van der Waals surface area contributed by atoms with Crippen LogP contribution < -0.4 is 10.2 Å². The topological polar surface area (TPSA) is 82.5 Å². The number of aromatic nitrogens is 1. The molecule has 190 valence electrons. The molecule has 37 heavy (non-hydrogen) atoms. The molecule has 1 amide bonds. The smallest absolute Gasteiger partial charge is 0.326 e. The van der Waals surface area contributed by atoms with Crippen LogP contribution in [-0.2, 0) is 17.9 Å². The molecule has 0 saturated heterocycles. The molecule has 2 N–H and O–H groups in total. The van der Waals surface area contributed by atoms with Gasteiger partial charge in [0.05, 0.1) is 5.69 Å². The molecule has 1 unspecified atom stereocenters. The second-order valence-corrected chi connectivity index (χ2v) is 10.3. The maximum atomic E-state index is 12.7. The third kappa shape index (κ3) is 7.27. The van der Waals surface area contributed by atoms with Gasteiger partial charge >= 0.3 is 5.97 Å². The van der Waals surface area contributed by atoms with E-state index in [0.717, 1.165) is 22.0 Å². The van der Waals surface area contributed by atoms with Crippen molar-refractivity contribution >= 4 is 28.3 Å². The van der Waals surface area contributed by atoms with Crippen LogP contribution in [0.1, 0.15) is 41.8 Å². The minimum Gasteiger partial charge on any atom is -0.480 e. The van der Waals surface area contributed by atoms with Crippen molar-refractivity contribution in [3.8, 4) is 11.3 Å². The van der Waals surface area contributed by atoms with E-state index in [9.17, 15) is 14.7 Å². The second kappa shape index (κ2) is 12.3. The molecular formula is C30H31N3O3S. The number of rotatable bonds is 11. The van der Waals surface area contributed by atoms with Gasteiger partial charge in [-0.25, -0.2) is 9.78 Å². The normalized spacial score (nSPS) is 11.8. The first kappa shape index (κ1) is 26.1. The predicted octanol–water partition coefficient (Wildman–Crippen LogP) is 6.25. The number of amides is 1. The Morgan fingerprint density at radius 1 is 0.892 bits per heavy atom. The lowest BCUT2D eigenvalue weighted by Gasteiger charge is -2.22. The third-order valence-corrected chi connectivity index (χ3v) is 6.85. The fourth-order valence-electron chi connectivity index (χ4n) is 4.06. The standard InChI is InChI=1S/C30H31N3O3S/c1-21(2)17-26(29(35)36)31-28(34)25-15-13-23(14-16-25)19-33(18-22-9-5-3-6-10-22)30-32-27(20-37-30)24-11-7-4-8-12-24/h3-16,20-21,26H,17-19H2,1-2H3,(H,31,34)(H,35,36). The quantitative estimate of drug-likeness (QED) is 0.248. The summed E-state index contributed by atoms with van der Waals surface area (Å²) in [4.78, 5) is 31.4. The molecule has 0 radical (unpaired) electrons. The molecule has 0 spiro atoms. The van der Waals surface area contributed by atoms with E-state index in [4.69, 9.17) is 4.98 Å². The number of nitrogens with zero attached hydrogens (tertiary/aromatic N) is 2. The highest BCUT2D eigenvalue weighted by Gasteiger charge is 2.22. The van der Waals surface area contributed by atoms with Crippen molar-refractivity contribution in [2.45, 2.75) is 39.4 Å². The third-order valence-electron chi connectivity index (χ3n) is 5.95. The lowest BCUT2D eigenvalue weighted by atomic mass is 10.0. The van der Waals surface area contributed by atoms with Gasteiger partial charge in [0.25, 0.3) is 5.91 Å². The molecule has 1 heterocycles. The summed E-state index contributed by atoms with van der Waals surface area (Å²) in [7, 11) is 0. The summed E-state index contributed by atoms with van der Waals surface area (Å²) in [6, 6.07) is 26.8. The fourth-order valence-corrected chi connectivity index (χ4v) is 4.90. The number of anilines is 1. The largest absolute Gasteiger partial charge is 0.480 e. The van der Waals surface area contributed by atoms with Crippen molar-refractivity contribution in [2.24, 2.45) is 5.92 Å². The number of benzene rings is 3. The Labute approximate surface area is 221 Å². The molecule has 1 atom stereocenters. The number of carboxylic acid groups (broad SMARTS) is 1. The molecule has 0 aliphatic heterocycles. The van der Waals surface area contributed by atoms with Gasteiger partial charge in [-0.2, -0.15) is 0 Å². The van der Waals surface area contributed by atoms with E-state index in [0.29, 0.717) is 25.1 Å². The van der Waals surface area contributed by atoms with Gasteiger partial charge in [-0.05, 0) is 35.6 Å². The molecule has 4 rings (SSSR count). The summed E-state index contributed by atoms with van der Waals surface area (Å²) in [5, 5.41) is 15.1. The van der Waals surface area contributed by atoms with Crippen molar-refractivity contribution in [3.05, 3.63) is 107 Å². The summed E-state index contributed by atoms with van der Waals surface area (Å²) in [5.41, 5.74) is 4.67. The van der Waals surface area contributed by atoms with E-state index in [1.165, 1.54) is 5.56 Å². The van der Waals surface area contributed by atoms with Gasteiger partial charge in [0, 0.05) is 29.6 Å². The van der Waals surface area contributed by atoms with Gasteiger partial charge in [0.1, 0.15) is 6.04 Å². The SMILES string of the molecule is CC(C)CC(NC(=O)c1ccc(CN(Cc2ccccc2)c2nc(-c3ccccc3)cs2)cc1)C(=O)O. The Balaban J connectivity index is 1.51. The number of thiazole rings is 1. The maximum absolute atomic E-state index is 12.7. The average molecular weight is 514 g/mol. The highest BCUT2D eigenvalue weighted by molar-refractivity contribution is 7.14. The van der Waals surface area contributed by atoms with Gasteiger partial charge in [0.2, 0.25) is 0 Å². The molecule has 0 bridgehead atoms. The zero-order valence-electron chi connectivity index (χ0n) is 21.0. The van der Waals surface area contributed by atoms with Crippen LogP contribution in [0.4, 0.5) is 5.13 Å². The summed E-state index contributed by atoms with van der Waals surface area (Å²) in [5.74, 6) is -1.24. The Morgan fingerprint density at radius 2 is 1.49 bits per heavy atom. The molecule has 0 aliphatic rings. The van der Waals surface area contributed by atoms with Crippen molar-refractivity contribution < 1.29 is 14.7 Å². The highest BCUT2D eigenvalue weighted by Crippen LogP contribution is 2.29. The van der Waals surface area contributed by atoms with E-state index in [-0.39, 0.29) is 11.8 Å². The second-order valence-electron chi connectivity index (χ2n) is 9.41. The summed E-state index contributed by atoms with van der Waals surface area (Å²) >= 11 is 1.61. The molecule has 7 heteroatoms. The van der Waals surface area contributed by atoms with E-state index < -0.39 is 12.0 Å². The number of carboxylic acids is 1. The van der Waals surface area contributed by atoms with Crippen LogP contribution in [-0.4, -0.2) is 28.0 Å². The molecule has 0 saturated carbocycles. The van der Waals surface area contributed by atoms with Crippen molar-refractivity contribution in [1.29, 1.82) is 0 Å². The number of hydrogen-bond donors (Lipinski definition) is 2. The van der Waals surface area contributed by atoms with E-state index in [2.05, 4.69) is 39.9 Å². The maximum Gasteiger partial charge on any atom is 0.326 e. The van der Waals surface area contributed by atoms with Crippen LogP contribution in [0.5, 0.6) is 0 Å². The number of carbonyl (C=O) groups is 2. The van der Waals surface area contributed by atoms with Crippen LogP contribution in [0.3, 0.4) is 0 Å². The zero-order chi connectivity index (χ0) is 26.2. The summed E-state index contributed by atoms with van der Waals surface area (Å²) < 4.78 is 0. The van der Waals surface area contributed by atoms with Gasteiger partial charge < -0.3 is 15.3 Å². The summed E-state index contributed by atoms with van der Waals surface area (Å²) in [6.07, 6.45) is 0.381. The van der Waals surface area contributed by atoms with E-state index in [1.54, 1.807) is 23.5 Å². The first-order valence-electron chi connectivity index (χ1n) is 12.3. The van der Waals surface area contributed by atoms with Gasteiger partial charge in [0.15, 0.2) is 5.13 Å². The Bertz CT molecular complexity index is 1300. The Hall–Kier alpha value is -3.97. The molecule has 1 aromatic heterocycles. The van der Waals surface area contributed by atoms with Crippen molar-refractivity contribution in [1.82, 2.24) is 10.3 Å². The Morgan fingerprint density at radius 3 is 2.08 bits per heavy atom. The molecule has 4 aromatic rings. The zero-order valence-corrected chi connectivity index (χ0v) is 21.8. The molecule has 0 aliphatic carbocycles.